The predicted molar refractivity (Wildman–Crippen MR) is 326 cm³/mol. The number of rotatable bonds is 5. The van der Waals surface area contributed by atoms with Crippen molar-refractivity contribution in [1.82, 2.24) is 0 Å². The fourth-order valence-electron chi connectivity index (χ4n) is 14.2. The van der Waals surface area contributed by atoms with Crippen molar-refractivity contribution in [3.8, 4) is 44.5 Å². The van der Waals surface area contributed by atoms with Crippen LogP contribution in [0.15, 0.2) is 243 Å². The van der Waals surface area contributed by atoms with E-state index in [1.54, 1.807) is 0 Å². The highest BCUT2D eigenvalue weighted by Crippen LogP contribution is 2.57. The van der Waals surface area contributed by atoms with Crippen molar-refractivity contribution in [3.63, 3.8) is 0 Å². The van der Waals surface area contributed by atoms with Crippen LogP contribution in [-0.4, -0.2) is 0 Å². The molecule has 368 valence electrons. The van der Waals surface area contributed by atoms with Crippen molar-refractivity contribution in [2.75, 3.05) is 9.80 Å². The fraction of sp³-hybridized carbons (Fsp3) is 0.120. The van der Waals surface area contributed by atoms with E-state index in [1.807, 2.05) is 0 Å². The molecular formula is C75H58N2. The predicted octanol–water partition coefficient (Wildman–Crippen LogP) is 20.7. The summed E-state index contributed by atoms with van der Waals surface area (Å²) in [5.41, 5.74) is 24.6. The second kappa shape index (κ2) is 16.5. The molecule has 2 heteroatoms. The molecule has 15 rings (SSSR count). The number of nitrogens with zero attached hydrogens (tertiary/aromatic N) is 2. The van der Waals surface area contributed by atoms with Gasteiger partial charge < -0.3 is 9.80 Å². The molecule has 2 nitrogen and oxygen atoms in total. The van der Waals surface area contributed by atoms with E-state index in [9.17, 15) is 0 Å². The zero-order valence-electron chi connectivity index (χ0n) is 44.5. The zero-order chi connectivity index (χ0) is 52.0. The second-order valence-electron chi connectivity index (χ2n) is 23.2. The molecule has 0 radical (unpaired) electrons. The minimum Gasteiger partial charge on any atom is -0.310 e. The van der Waals surface area contributed by atoms with E-state index in [0.29, 0.717) is 0 Å². The van der Waals surface area contributed by atoms with Crippen LogP contribution in [0.25, 0.3) is 76.8 Å². The zero-order valence-corrected chi connectivity index (χ0v) is 44.5. The highest BCUT2D eigenvalue weighted by atomic mass is 15.2. The molecule has 1 aliphatic carbocycles. The molecule has 3 aliphatic rings. The largest absolute Gasteiger partial charge is 0.310 e. The van der Waals surface area contributed by atoms with Gasteiger partial charge in [-0.3, -0.25) is 0 Å². The SMILES string of the molecule is CC1(C)c2ccccc2-c2ccc(-c3c4ccc(N5c6ccccc6C(C)(C)c6ccccc65)cc4c(-c4ccc(-c5cccc6ccccc56)cc4)c4ccc(N5c6ccccc6C(C)(C)c6ccccc65)cc34)cc21. The smallest absolute Gasteiger partial charge is 0.0502 e. The van der Waals surface area contributed by atoms with E-state index in [4.69, 9.17) is 0 Å². The lowest BCUT2D eigenvalue weighted by atomic mass is 9.73. The van der Waals surface area contributed by atoms with Crippen molar-refractivity contribution in [1.29, 1.82) is 0 Å². The monoisotopic (exact) mass is 986 g/mol. The maximum Gasteiger partial charge on any atom is 0.0502 e. The fourth-order valence-corrected chi connectivity index (χ4v) is 14.2. The Labute approximate surface area is 452 Å². The molecule has 12 aromatic rings. The van der Waals surface area contributed by atoms with Gasteiger partial charge >= 0.3 is 0 Å². The van der Waals surface area contributed by atoms with Gasteiger partial charge in [-0.05, 0) is 165 Å². The standard InChI is InChI=1S/C75H58N2/c1-73(2)61-25-10-9-23-55(61)56-41-38-50(44-66(56)73)72-58-43-40-51(76-67-30-15-11-26-62(67)74(3,4)63-27-12-16-31-68(63)76)45-59(58)71(49-36-34-48(35-37-49)54-24-19-21-47-20-7-8-22-53(47)54)57-42-39-52(46-60(57)72)77-69-32-17-13-28-64(69)75(5,6)65-29-14-18-33-70(65)77/h7-46H,1-6H3. The van der Waals surface area contributed by atoms with Gasteiger partial charge in [-0.15, -0.1) is 0 Å². The Balaban J connectivity index is 1.04. The Morgan fingerprint density at radius 1 is 0.247 bits per heavy atom. The molecular weight excluding hydrogens is 929 g/mol. The molecule has 0 atom stereocenters. The Kier molecular flexibility index (Phi) is 9.74. The van der Waals surface area contributed by atoms with Gasteiger partial charge in [-0.1, -0.05) is 230 Å². The number of fused-ring (bicyclic) bond motifs is 10. The van der Waals surface area contributed by atoms with Crippen molar-refractivity contribution < 1.29 is 0 Å². The van der Waals surface area contributed by atoms with Crippen LogP contribution in [0, 0.1) is 0 Å². The first-order valence-electron chi connectivity index (χ1n) is 27.3. The molecule has 0 fully saturated rings. The van der Waals surface area contributed by atoms with Crippen LogP contribution < -0.4 is 9.80 Å². The van der Waals surface area contributed by atoms with E-state index in [-0.39, 0.29) is 16.2 Å². The molecule has 0 aromatic heterocycles. The maximum absolute atomic E-state index is 2.52. The Bertz CT molecular complexity index is 4330. The van der Waals surface area contributed by atoms with Crippen LogP contribution in [0.3, 0.4) is 0 Å². The molecule has 0 N–H and O–H groups in total. The van der Waals surface area contributed by atoms with Crippen LogP contribution in [0.1, 0.15) is 74.9 Å². The van der Waals surface area contributed by atoms with Crippen LogP contribution >= 0.6 is 0 Å². The molecule has 0 amide bonds. The summed E-state index contributed by atoms with van der Waals surface area (Å²) in [5, 5.41) is 7.38. The third kappa shape index (κ3) is 6.55. The van der Waals surface area contributed by atoms with Crippen LogP contribution in [-0.2, 0) is 16.2 Å². The number of hydrogen-bond donors (Lipinski definition) is 0. The van der Waals surface area contributed by atoms with Gasteiger partial charge in [0.15, 0.2) is 0 Å². The minimum atomic E-state index is -0.176. The van der Waals surface area contributed by atoms with Crippen LogP contribution in [0.5, 0.6) is 0 Å². The van der Waals surface area contributed by atoms with Gasteiger partial charge in [0, 0.05) is 27.6 Å². The third-order valence-corrected chi connectivity index (χ3v) is 18.0. The third-order valence-electron chi connectivity index (χ3n) is 18.0. The van der Waals surface area contributed by atoms with Gasteiger partial charge in [0.2, 0.25) is 0 Å². The van der Waals surface area contributed by atoms with Crippen molar-refractivity contribution >= 4 is 66.4 Å². The lowest BCUT2D eigenvalue weighted by Crippen LogP contribution is -2.30. The molecule has 0 saturated heterocycles. The number of hydrogen-bond acceptors (Lipinski definition) is 2. The second-order valence-corrected chi connectivity index (χ2v) is 23.2. The molecule has 77 heavy (non-hydrogen) atoms. The summed E-state index contributed by atoms with van der Waals surface area (Å²) < 4.78 is 0. The minimum absolute atomic E-state index is 0.172. The number of benzene rings is 12. The summed E-state index contributed by atoms with van der Waals surface area (Å²) in [6, 6.07) is 91.8. The molecule has 0 spiro atoms. The number of para-hydroxylation sites is 4. The molecule has 0 unspecified atom stereocenters. The van der Waals surface area contributed by atoms with E-state index in [1.165, 1.54) is 133 Å². The summed E-state index contributed by atoms with van der Waals surface area (Å²) in [7, 11) is 0. The maximum atomic E-state index is 2.52. The summed E-state index contributed by atoms with van der Waals surface area (Å²) in [6.07, 6.45) is 0. The molecule has 2 aliphatic heterocycles. The molecule has 0 bridgehead atoms. The van der Waals surface area contributed by atoms with E-state index >= 15 is 0 Å². The van der Waals surface area contributed by atoms with Crippen molar-refractivity contribution in [3.05, 3.63) is 276 Å². The van der Waals surface area contributed by atoms with Crippen LogP contribution in [0.2, 0.25) is 0 Å². The molecule has 0 saturated carbocycles. The summed E-state index contributed by atoms with van der Waals surface area (Å²) in [6.45, 7) is 14.3. The van der Waals surface area contributed by atoms with E-state index < -0.39 is 0 Å². The first-order chi connectivity index (χ1) is 37.5. The highest BCUT2D eigenvalue weighted by Gasteiger charge is 2.39. The Morgan fingerprint density at radius 2 is 0.636 bits per heavy atom. The summed E-state index contributed by atoms with van der Waals surface area (Å²) in [4.78, 5) is 5.03. The van der Waals surface area contributed by atoms with E-state index in [0.717, 1.165) is 11.4 Å². The van der Waals surface area contributed by atoms with E-state index in [2.05, 4.69) is 294 Å². The summed E-state index contributed by atoms with van der Waals surface area (Å²) in [5.74, 6) is 0. The Morgan fingerprint density at radius 3 is 1.18 bits per heavy atom. The number of anilines is 6. The normalized spacial score (nSPS) is 15.1. The van der Waals surface area contributed by atoms with Gasteiger partial charge in [0.1, 0.15) is 0 Å². The Hall–Kier alpha value is -8.98. The molecule has 2 heterocycles. The van der Waals surface area contributed by atoms with Gasteiger partial charge in [-0.25, -0.2) is 0 Å². The van der Waals surface area contributed by atoms with Gasteiger partial charge in [0.05, 0.1) is 22.7 Å². The average molecular weight is 987 g/mol. The summed E-state index contributed by atoms with van der Waals surface area (Å²) >= 11 is 0. The molecule has 12 aromatic carbocycles. The van der Waals surface area contributed by atoms with Gasteiger partial charge in [-0.2, -0.15) is 0 Å². The lowest BCUT2D eigenvalue weighted by Gasteiger charge is -2.42. The quantitative estimate of drug-likeness (QED) is 0.159. The van der Waals surface area contributed by atoms with Gasteiger partial charge in [0.25, 0.3) is 0 Å². The first-order valence-corrected chi connectivity index (χ1v) is 27.3. The lowest BCUT2D eigenvalue weighted by molar-refractivity contribution is 0.632. The van der Waals surface area contributed by atoms with Crippen LogP contribution in [0.4, 0.5) is 34.1 Å². The van der Waals surface area contributed by atoms with Crippen molar-refractivity contribution in [2.24, 2.45) is 0 Å². The topological polar surface area (TPSA) is 6.48 Å². The highest BCUT2D eigenvalue weighted by molar-refractivity contribution is 6.23. The average Bonchev–Trinajstić information content (AvgIpc) is 3.84. The van der Waals surface area contributed by atoms with Crippen molar-refractivity contribution in [2.45, 2.75) is 57.8 Å². The first kappa shape index (κ1) is 45.4.